The van der Waals surface area contributed by atoms with E-state index in [9.17, 15) is 0 Å². The second-order valence-electron chi connectivity index (χ2n) is 7.64. The Morgan fingerprint density at radius 3 is 2.70 bits per heavy atom. The molecule has 20 heavy (non-hydrogen) atoms. The molecule has 3 rings (SSSR count). The smallest absolute Gasteiger partial charge is 0.0124 e. The second kappa shape index (κ2) is 6.79. The zero-order valence-electron chi connectivity index (χ0n) is 13.6. The molecule has 3 fully saturated rings. The minimum atomic E-state index is 0.777. The summed E-state index contributed by atoms with van der Waals surface area (Å²) in [5.41, 5.74) is 0. The van der Waals surface area contributed by atoms with E-state index in [2.05, 4.69) is 24.2 Å². The Balaban J connectivity index is 1.61. The molecule has 0 aromatic heterocycles. The number of nitrogens with zero attached hydrogens (tertiary/aromatic N) is 1. The van der Waals surface area contributed by atoms with Gasteiger partial charge in [0.2, 0.25) is 0 Å². The van der Waals surface area contributed by atoms with Crippen LogP contribution in [0.2, 0.25) is 0 Å². The maximum atomic E-state index is 3.62. The lowest BCUT2D eigenvalue weighted by molar-refractivity contribution is 0.0672. The van der Waals surface area contributed by atoms with Crippen LogP contribution in [0.4, 0.5) is 0 Å². The van der Waals surface area contributed by atoms with Crippen LogP contribution >= 0.6 is 0 Å². The molecule has 5 unspecified atom stereocenters. The molecule has 0 bridgehead atoms. The summed E-state index contributed by atoms with van der Waals surface area (Å²) in [4.78, 5) is 2.90. The van der Waals surface area contributed by atoms with Gasteiger partial charge in [-0.25, -0.2) is 0 Å². The molecule has 3 aliphatic rings. The van der Waals surface area contributed by atoms with E-state index < -0.39 is 0 Å². The van der Waals surface area contributed by atoms with Gasteiger partial charge >= 0.3 is 0 Å². The summed E-state index contributed by atoms with van der Waals surface area (Å²) in [5, 5.41) is 3.62. The fraction of sp³-hybridized carbons (Fsp3) is 1.00. The lowest BCUT2D eigenvalue weighted by Gasteiger charge is -2.43. The molecule has 2 saturated carbocycles. The minimum absolute atomic E-state index is 0.777. The first kappa shape index (κ1) is 14.8. The Kier molecular flexibility index (Phi) is 5.04. The van der Waals surface area contributed by atoms with Crippen LogP contribution < -0.4 is 5.32 Å². The number of likely N-dealkylation sites (tertiary alicyclic amines) is 1. The second-order valence-corrected chi connectivity index (χ2v) is 7.64. The average molecular weight is 278 g/mol. The number of hydrogen-bond acceptors (Lipinski definition) is 2. The average Bonchev–Trinajstić information content (AvgIpc) is 2.96. The first-order valence-corrected chi connectivity index (χ1v) is 9.23. The highest BCUT2D eigenvalue weighted by Crippen LogP contribution is 2.39. The van der Waals surface area contributed by atoms with Crippen LogP contribution in [-0.4, -0.2) is 37.1 Å². The van der Waals surface area contributed by atoms with Crippen LogP contribution in [0.5, 0.6) is 0 Å². The predicted molar refractivity (Wildman–Crippen MR) is 85.9 cm³/mol. The first-order valence-electron chi connectivity index (χ1n) is 9.23. The molecule has 1 heterocycles. The zero-order chi connectivity index (χ0) is 13.9. The maximum Gasteiger partial charge on any atom is 0.0124 e. The molecule has 5 atom stereocenters. The number of rotatable bonds is 4. The van der Waals surface area contributed by atoms with Crippen LogP contribution in [0.25, 0.3) is 0 Å². The fourth-order valence-corrected chi connectivity index (χ4v) is 5.40. The van der Waals surface area contributed by atoms with Crippen LogP contribution in [0, 0.1) is 17.8 Å². The van der Waals surface area contributed by atoms with Crippen molar-refractivity contribution in [3.05, 3.63) is 0 Å². The third-order valence-electron chi connectivity index (χ3n) is 6.62. The standard InChI is InChI=1S/C18H34N2/c1-3-14-9-10-17(19-2)16(12-14)13-20-11-5-7-15-6-4-8-18(15)20/h14-19H,3-13H2,1-2H3. The minimum Gasteiger partial charge on any atom is -0.317 e. The molecular weight excluding hydrogens is 244 g/mol. The van der Waals surface area contributed by atoms with Crippen molar-refractivity contribution in [2.75, 3.05) is 20.1 Å². The van der Waals surface area contributed by atoms with E-state index in [4.69, 9.17) is 0 Å². The highest BCUT2D eigenvalue weighted by atomic mass is 15.2. The predicted octanol–water partition coefficient (Wildman–Crippen LogP) is 3.67. The maximum absolute atomic E-state index is 3.62. The number of hydrogen-bond donors (Lipinski definition) is 1. The Labute approximate surface area is 125 Å². The van der Waals surface area contributed by atoms with Gasteiger partial charge in [0.15, 0.2) is 0 Å². The lowest BCUT2D eigenvalue weighted by Crippen LogP contribution is -2.50. The molecule has 0 aromatic rings. The fourth-order valence-electron chi connectivity index (χ4n) is 5.40. The van der Waals surface area contributed by atoms with Crippen molar-refractivity contribution in [2.45, 2.75) is 76.8 Å². The van der Waals surface area contributed by atoms with E-state index in [1.54, 1.807) is 0 Å². The number of fused-ring (bicyclic) bond motifs is 1. The van der Waals surface area contributed by atoms with Gasteiger partial charge in [0.1, 0.15) is 0 Å². The van der Waals surface area contributed by atoms with Crippen molar-refractivity contribution < 1.29 is 0 Å². The van der Waals surface area contributed by atoms with E-state index in [1.165, 1.54) is 70.9 Å². The quantitative estimate of drug-likeness (QED) is 0.844. The van der Waals surface area contributed by atoms with Crippen molar-refractivity contribution in [1.29, 1.82) is 0 Å². The van der Waals surface area contributed by atoms with Crippen molar-refractivity contribution in [1.82, 2.24) is 10.2 Å². The lowest BCUT2D eigenvalue weighted by atomic mass is 9.76. The van der Waals surface area contributed by atoms with Crippen LogP contribution in [0.15, 0.2) is 0 Å². The third-order valence-corrected chi connectivity index (χ3v) is 6.62. The van der Waals surface area contributed by atoms with Crippen molar-refractivity contribution in [3.63, 3.8) is 0 Å². The summed E-state index contributed by atoms with van der Waals surface area (Å²) in [6.45, 7) is 5.14. The van der Waals surface area contributed by atoms with Gasteiger partial charge < -0.3 is 5.32 Å². The molecule has 1 N–H and O–H groups in total. The van der Waals surface area contributed by atoms with Gasteiger partial charge in [-0.3, -0.25) is 4.90 Å². The highest BCUT2D eigenvalue weighted by molar-refractivity contribution is 4.92. The molecule has 0 spiro atoms. The molecule has 0 amide bonds. The Bertz CT molecular complexity index is 304. The highest BCUT2D eigenvalue weighted by Gasteiger charge is 2.37. The van der Waals surface area contributed by atoms with Crippen molar-refractivity contribution in [2.24, 2.45) is 17.8 Å². The summed E-state index contributed by atoms with van der Waals surface area (Å²) < 4.78 is 0. The summed E-state index contributed by atoms with van der Waals surface area (Å²) >= 11 is 0. The van der Waals surface area contributed by atoms with Crippen LogP contribution in [-0.2, 0) is 0 Å². The van der Waals surface area contributed by atoms with E-state index in [1.807, 2.05) is 0 Å². The molecule has 1 aliphatic heterocycles. The zero-order valence-corrected chi connectivity index (χ0v) is 13.6. The van der Waals surface area contributed by atoms with E-state index in [0.29, 0.717) is 0 Å². The van der Waals surface area contributed by atoms with Gasteiger partial charge in [-0.05, 0) is 76.3 Å². The largest absolute Gasteiger partial charge is 0.317 e. The molecule has 0 radical (unpaired) electrons. The molecule has 2 aliphatic carbocycles. The topological polar surface area (TPSA) is 15.3 Å². The van der Waals surface area contributed by atoms with Crippen LogP contribution in [0.3, 0.4) is 0 Å². The van der Waals surface area contributed by atoms with Crippen molar-refractivity contribution in [3.8, 4) is 0 Å². The van der Waals surface area contributed by atoms with E-state index >= 15 is 0 Å². The van der Waals surface area contributed by atoms with Gasteiger partial charge in [0.05, 0.1) is 0 Å². The van der Waals surface area contributed by atoms with Gasteiger partial charge in [-0.1, -0.05) is 19.8 Å². The summed E-state index contributed by atoms with van der Waals surface area (Å²) in [6, 6.07) is 1.72. The Morgan fingerprint density at radius 1 is 1.05 bits per heavy atom. The summed E-state index contributed by atoms with van der Waals surface area (Å²) in [6.07, 6.45) is 13.2. The SMILES string of the molecule is CCC1CCC(NC)C(CN2CCCC3CCCC32)C1. The normalized spacial score (nSPS) is 42.6. The monoisotopic (exact) mass is 278 g/mol. The van der Waals surface area contributed by atoms with Crippen molar-refractivity contribution >= 4 is 0 Å². The molecule has 2 heteroatoms. The van der Waals surface area contributed by atoms with Gasteiger partial charge in [0, 0.05) is 18.6 Å². The summed E-state index contributed by atoms with van der Waals surface area (Å²) in [5.74, 6) is 2.94. The molecule has 1 saturated heterocycles. The first-order chi connectivity index (χ1) is 9.81. The molecule has 0 aromatic carbocycles. The number of piperidine rings is 1. The van der Waals surface area contributed by atoms with Gasteiger partial charge in [0.25, 0.3) is 0 Å². The van der Waals surface area contributed by atoms with Gasteiger partial charge in [-0.2, -0.15) is 0 Å². The van der Waals surface area contributed by atoms with E-state index in [-0.39, 0.29) is 0 Å². The van der Waals surface area contributed by atoms with Crippen LogP contribution in [0.1, 0.15) is 64.7 Å². The third kappa shape index (κ3) is 3.06. The Morgan fingerprint density at radius 2 is 1.90 bits per heavy atom. The molecule has 2 nitrogen and oxygen atoms in total. The van der Waals surface area contributed by atoms with E-state index in [0.717, 1.165) is 29.8 Å². The Hall–Kier alpha value is -0.0800. The molecule has 116 valence electrons. The summed E-state index contributed by atoms with van der Waals surface area (Å²) in [7, 11) is 2.18. The van der Waals surface area contributed by atoms with Gasteiger partial charge in [-0.15, -0.1) is 0 Å². The molecular formula is C18H34N2. The number of nitrogens with one attached hydrogen (secondary N) is 1.